The van der Waals surface area contributed by atoms with Crippen molar-refractivity contribution >= 4 is 21.8 Å². The van der Waals surface area contributed by atoms with Gasteiger partial charge in [0, 0.05) is 12.5 Å². The van der Waals surface area contributed by atoms with E-state index in [1.165, 1.54) is 18.2 Å². The Morgan fingerprint density at radius 2 is 1.85 bits per heavy atom. The Hall–Kier alpha value is -3.39. The molecule has 0 saturated carbocycles. The molecule has 1 aliphatic rings. The van der Waals surface area contributed by atoms with Gasteiger partial charge in [-0.3, -0.25) is 4.72 Å². The van der Waals surface area contributed by atoms with Crippen molar-refractivity contribution in [2.45, 2.75) is 36.7 Å². The lowest BCUT2D eigenvalue weighted by Crippen LogP contribution is -2.30. The molecule has 3 aromatic rings. The van der Waals surface area contributed by atoms with Gasteiger partial charge >= 0.3 is 6.09 Å². The van der Waals surface area contributed by atoms with E-state index in [0.29, 0.717) is 6.54 Å². The fraction of sp³-hybridized carbons (Fsp3) is 0.240. The predicted octanol–water partition coefficient (Wildman–Crippen LogP) is 4.97. The van der Waals surface area contributed by atoms with Crippen molar-refractivity contribution in [2.24, 2.45) is 0 Å². The molecule has 0 fully saturated rings. The van der Waals surface area contributed by atoms with E-state index in [0.717, 1.165) is 42.0 Å². The molecule has 1 aliphatic carbocycles. The van der Waals surface area contributed by atoms with Crippen LogP contribution in [0, 0.1) is 5.82 Å². The van der Waals surface area contributed by atoms with E-state index in [9.17, 15) is 17.6 Å². The summed E-state index contributed by atoms with van der Waals surface area (Å²) in [5, 5.41) is 2.82. The Morgan fingerprint density at radius 1 is 1.03 bits per heavy atom. The van der Waals surface area contributed by atoms with E-state index in [4.69, 9.17) is 4.74 Å². The number of aryl methyl sites for hydroxylation is 1. The van der Waals surface area contributed by atoms with E-state index in [-0.39, 0.29) is 23.1 Å². The van der Waals surface area contributed by atoms with Crippen molar-refractivity contribution in [3.8, 4) is 0 Å². The van der Waals surface area contributed by atoms with Crippen LogP contribution in [0.25, 0.3) is 0 Å². The number of amides is 1. The first-order valence-electron chi connectivity index (χ1n) is 10.8. The second kappa shape index (κ2) is 10.0. The highest BCUT2D eigenvalue weighted by Gasteiger charge is 2.24. The highest BCUT2D eigenvalue weighted by atomic mass is 32.2. The number of hydrogen-bond acceptors (Lipinski definition) is 4. The Labute approximate surface area is 192 Å². The first-order valence-corrected chi connectivity index (χ1v) is 12.2. The lowest BCUT2D eigenvalue weighted by Gasteiger charge is -2.26. The third-order valence-corrected chi connectivity index (χ3v) is 7.02. The zero-order chi connectivity index (χ0) is 23.3. The normalized spacial score (nSPS) is 15.4. The lowest BCUT2D eigenvalue weighted by molar-refractivity contribution is 0.139. The zero-order valence-corrected chi connectivity index (χ0v) is 18.8. The maximum Gasteiger partial charge on any atom is 0.407 e. The van der Waals surface area contributed by atoms with Gasteiger partial charge in [-0.15, -0.1) is 0 Å². The second-order valence-corrected chi connectivity index (χ2v) is 9.69. The molecule has 3 aromatic carbocycles. The molecule has 2 N–H and O–H groups in total. The molecule has 1 amide bonds. The largest absolute Gasteiger partial charge is 0.445 e. The van der Waals surface area contributed by atoms with Crippen LogP contribution >= 0.6 is 0 Å². The van der Waals surface area contributed by atoms with Crippen LogP contribution in [0.5, 0.6) is 0 Å². The van der Waals surface area contributed by atoms with Crippen molar-refractivity contribution in [2.75, 3.05) is 11.3 Å². The molecule has 0 bridgehead atoms. The quantitative estimate of drug-likeness (QED) is 0.513. The summed E-state index contributed by atoms with van der Waals surface area (Å²) in [7, 11) is -3.85. The highest BCUT2D eigenvalue weighted by Crippen LogP contribution is 2.33. The third-order valence-electron chi connectivity index (χ3n) is 5.65. The smallest absolute Gasteiger partial charge is 0.407 e. The number of nitrogens with one attached hydrogen (secondary N) is 2. The fourth-order valence-corrected chi connectivity index (χ4v) is 5.12. The Balaban J connectivity index is 1.40. The SMILES string of the molecule is O=C(NC[C@@H]1CCCc2cc(S(=O)(=O)Nc3cccc(F)c3)ccc21)OCc1ccccc1. The topological polar surface area (TPSA) is 84.5 Å². The monoisotopic (exact) mass is 468 g/mol. The molecule has 8 heteroatoms. The van der Waals surface area contributed by atoms with Crippen molar-refractivity contribution in [1.82, 2.24) is 5.32 Å². The zero-order valence-electron chi connectivity index (χ0n) is 18.0. The van der Waals surface area contributed by atoms with Crippen LogP contribution in [0.1, 0.15) is 35.4 Å². The molecule has 1 atom stereocenters. The number of carbonyl (C=O) groups excluding carboxylic acids is 1. The number of rotatable bonds is 7. The molecule has 0 radical (unpaired) electrons. The van der Waals surface area contributed by atoms with Crippen LogP contribution in [0.15, 0.2) is 77.7 Å². The summed E-state index contributed by atoms with van der Waals surface area (Å²) < 4.78 is 46.6. The first-order chi connectivity index (χ1) is 15.9. The van der Waals surface area contributed by atoms with Gasteiger partial charge in [0.2, 0.25) is 0 Å². The van der Waals surface area contributed by atoms with Crippen LogP contribution in [0.4, 0.5) is 14.9 Å². The van der Waals surface area contributed by atoms with Gasteiger partial charge in [0.25, 0.3) is 10.0 Å². The molecule has 33 heavy (non-hydrogen) atoms. The van der Waals surface area contributed by atoms with Gasteiger partial charge in [-0.05, 0) is 66.3 Å². The van der Waals surface area contributed by atoms with E-state index in [1.807, 2.05) is 30.3 Å². The minimum atomic E-state index is -3.85. The lowest BCUT2D eigenvalue weighted by atomic mass is 9.83. The number of alkyl carbamates (subject to hydrolysis) is 1. The fourth-order valence-electron chi connectivity index (χ4n) is 4.02. The average molecular weight is 469 g/mol. The molecule has 0 aliphatic heterocycles. The minimum Gasteiger partial charge on any atom is -0.445 e. The first kappa shape index (κ1) is 22.8. The summed E-state index contributed by atoms with van der Waals surface area (Å²) in [4.78, 5) is 12.2. The van der Waals surface area contributed by atoms with Gasteiger partial charge < -0.3 is 10.1 Å². The van der Waals surface area contributed by atoms with Gasteiger partial charge in [0.05, 0.1) is 10.6 Å². The maximum absolute atomic E-state index is 13.4. The van der Waals surface area contributed by atoms with Gasteiger partial charge in [-0.1, -0.05) is 42.5 Å². The van der Waals surface area contributed by atoms with Gasteiger partial charge in [0.15, 0.2) is 0 Å². The summed E-state index contributed by atoms with van der Waals surface area (Å²) in [6, 6.07) is 19.8. The number of ether oxygens (including phenoxy) is 1. The van der Waals surface area contributed by atoms with Gasteiger partial charge in [-0.2, -0.15) is 0 Å². The summed E-state index contributed by atoms with van der Waals surface area (Å²) in [5.41, 5.74) is 3.04. The molecular formula is C25H25FN2O4S. The van der Waals surface area contributed by atoms with Crippen LogP contribution in [0.3, 0.4) is 0 Å². The second-order valence-electron chi connectivity index (χ2n) is 8.01. The van der Waals surface area contributed by atoms with E-state index < -0.39 is 21.9 Å². The van der Waals surface area contributed by atoms with E-state index in [2.05, 4.69) is 10.0 Å². The number of benzene rings is 3. The third kappa shape index (κ3) is 5.90. The van der Waals surface area contributed by atoms with Crippen LogP contribution in [-0.4, -0.2) is 21.1 Å². The molecule has 0 aromatic heterocycles. The molecule has 0 spiro atoms. The maximum atomic E-state index is 13.4. The number of anilines is 1. The highest BCUT2D eigenvalue weighted by molar-refractivity contribution is 7.92. The van der Waals surface area contributed by atoms with Crippen LogP contribution in [-0.2, 0) is 27.8 Å². The number of sulfonamides is 1. The predicted molar refractivity (Wildman–Crippen MR) is 124 cm³/mol. The van der Waals surface area contributed by atoms with E-state index in [1.54, 1.807) is 18.2 Å². The molecule has 4 rings (SSSR count). The molecule has 0 heterocycles. The van der Waals surface area contributed by atoms with Crippen molar-refractivity contribution in [3.63, 3.8) is 0 Å². The summed E-state index contributed by atoms with van der Waals surface area (Å²) >= 11 is 0. The van der Waals surface area contributed by atoms with Gasteiger partial charge in [0.1, 0.15) is 12.4 Å². The van der Waals surface area contributed by atoms with Gasteiger partial charge in [-0.25, -0.2) is 17.6 Å². The average Bonchev–Trinajstić information content (AvgIpc) is 2.81. The Kier molecular flexibility index (Phi) is 6.93. The molecule has 0 saturated heterocycles. The van der Waals surface area contributed by atoms with Crippen molar-refractivity contribution < 1.29 is 22.3 Å². The molecule has 6 nitrogen and oxygen atoms in total. The Bertz CT molecular complexity index is 1230. The Morgan fingerprint density at radius 3 is 2.64 bits per heavy atom. The number of hydrogen-bond donors (Lipinski definition) is 2. The molecule has 0 unspecified atom stereocenters. The van der Waals surface area contributed by atoms with Crippen LogP contribution in [0.2, 0.25) is 0 Å². The van der Waals surface area contributed by atoms with E-state index >= 15 is 0 Å². The van der Waals surface area contributed by atoms with Crippen LogP contribution < -0.4 is 10.0 Å². The molecule has 172 valence electrons. The standard InChI is InChI=1S/C25H25FN2O4S/c26-21-10-5-11-22(15-21)28-33(30,31)23-12-13-24-19(14-23)8-4-9-20(24)16-27-25(29)32-17-18-6-2-1-3-7-18/h1-3,5-7,10-15,20,28H,4,8-9,16-17H2,(H,27,29)/t20-/m0/s1. The number of fused-ring (bicyclic) bond motifs is 1. The van der Waals surface area contributed by atoms with Crippen molar-refractivity contribution in [3.05, 3.63) is 95.3 Å². The molecular weight excluding hydrogens is 443 g/mol. The summed E-state index contributed by atoms with van der Waals surface area (Å²) in [6.45, 7) is 0.613. The minimum absolute atomic E-state index is 0.0750. The summed E-state index contributed by atoms with van der Waals surface area (Å²) in [6.07, 6.45) is 2.05. The number of halogens is 1. The number of carbonyl (C=O) groups is 1. The summed E-state index contributed by atoms with van der Waals surface area (Å²) in [5.74, 6) is -0.441. The van der Waals surface area contributed by atoms with Crippen molar-refractivity contribution in [1.29, 1.82) is 0 Å².